The van der Waals surface area contributed by atoms with Crippen molar-refractivity contribution in [3.8, 4) is 22.9 Å². The van der Waals surface area contributed by atoms with Gasteiger partial charge in [-0.3, -0.25) is 4.79 Å². The zero-order valence-corrected chi connectivity index (χ0v) is 19.7. The second-order valence-corrected chi connectivity index (χ2v) is 9.09. The number of rotatable bonds is 10. The van der Waals surface area contributed by atoms with Crippen LogP contribution in [0.3, 0.4) is 0 Å². The highest BCUT2D eigenvalue weighted by Crippen LogP contribution is 2.30. The number of β-amino-alcohol motifs (C(OH)–C–C–N with tert-alkyl or cyclic N) is 1. The van der Waals surface area contributed by atoms with Gasteiger partial charge in [-0.15, -0.1) is 0 Å². The quantitative estimate of drug-likeness (QED) is 0.536. The number of nitrogens with one attached hydrogen (secondary N) is 1. The second-order valence-electron chi connectivity index (χ2n) is 9.09. The van der Waals surface area contributed by atoms with E-state index in [0.717, 1.165) is 61.3 Å². The van der Waals surface area contributed by atoms with E-state index in [2.05, 4.69) is 48.3 Å². The summed E-state index contributed by atoms with van der Waals surface area (Å²) in [5.74, 6) is 0.844. The Morgan fingerprint density at radius 3 is 2.55 bits per heavy atom. The smallest absolute Gasteiger partial charge is 0.228 e. The first-order chi connectivity index (χ1) is 16.0. The summed E-state index contributed by atoms with van der Waals surface area (Å²) in [4.78, 5) is 14.9. The van der Waals surface area contributed by atoms with Crippen LogP contribution in [0.25, 0.3) is 11.1 Å². The van der Waals surface area contributed by atoms with E-state index in [4.69, 9.17) is 15.1 Å². The van der Waals surface area contributed by atoms with Gasteiger partial charge in [-0.2, -0.15) is 5.26 Å². The molecule has 0 radical (unpaired) electrons. The molecule has 2 N–H and O–H groups in total. The molecule has 0 saturated carbocycles. The Morgan fingerprint density at radius 2 is 1.91 bits per heavy atom. The number of benzene rings is 2. The van der Waals surface area contributed by atoms with Gasteiger partial charge in [0.25, 0.3) is 0 Å². The summed E-state index contributed by atoms with van der Waals surface area (Å²) in [6.07, 6.45) is 2.87. The van der Waals surface area contributed by atoms with E-state index in [0.29, 0.717) is 5.92 Å². The largest absolute Gasteiger partial charge is 0.490 e. The topological polar surface area (TPSA) is 85.6 Å². The molecule has 0 aliphatic carbocycles. The molecule has 2 aromatic carbocycles. The minimum atomic E-state index is -0.280. The van der Waals surface area contributed by atoms with Crippen LogP contribution in [0.2, 0.25) is 0 Å². The molecule has 2 aromatic rings. The third-order valence-electron chi connectivity index (χ3n) is 6.10. The Hall–Kier alpha value is -2.88. The number of ether oxygens (including phenoxy) is 1. The van der Waals surface area contributed by atoms with Crippen LogP contribution in [0.1, 0.15) is 44.6 Å². The lowest BCUT2D eigenvalue weighted by molar-refractivity contribution is -0.122. The van der Waals surface area contributed by atoms with Gasteiger partial charge in [-0.1, -0.05) is 50.2 Å². The van der Waals surface area contributed by atoms with Crippen molar-refractivity contribution >= 4 is 5.91 Å². The maximum atomic E-state index is 12.7. The van der Waals surface area contributed by atoms with E-state index in [9.17, 15) is 4.79 Å². The Kier molecular flexibility index (Phi) is 9.29. The summed E-state index contributed by atoms with van der Waals surface area (Å²) in [7, 11) is 0. The lowest BCUT2D eigenvalue weighted by atomic mass is 9.88. The van der Waals surface area contributed by atoms with Crippen LogP contribution in [-0.4, -0.2) is 54.8 Å². The van der Waals surface area contributed by atoms with Crippen LogP contribution in [0.4, 0.5) is 0 Å². The third kappa shape index (κ3) is 7.31. The molecule has 1 saturated heterocycles. The maximum Gasteiger partial charge on any atom is 0.228 e. The van der Waals surface area contributed by atoms with Gasteiger partial charge in [0.05, 0.1) is 18.6 Å². The van der Waals surface area contributed by atoms with Crippen LogP contribution < -0.4 is 10.1 Å². The molecule has 0 spiro atoms. The zero-order valence-electron chi connectivity index (χ0n) is 19.7. The molecular weight excluding hydrogens is 414 g/mol. The van der Waals surface area contributed by atoms with E-state index >= 15 is 0 Å². The number of aliphatic hydroxyl groups is 1. The highest BCUT2D eigenvalue weighted by Gasteiger charge is 2.22. The van der Waals surface area contributed by atoms with Crippen molar-refractivity contribution in [3.63, 3.8) is 0 Å². The van der Waals surface area contributed by atoms with Gasteiger partial charge >= 0.3 is 0 Å². The van der Waals surface area contributed by atoms with E-state index in [1.54, 1.807) is 0 Å². The lowest BCUT2D eigenvalue weighted by Gasteiger charge is -2.31. The summed E-state index contributed by atoms with van der Waals surface area (Å²) >= 11 is 0. The van der Waals surface area contributed by atoms with Crippen LogP contribution in [0.15, 0.2) is 48.5 Å². The van der Waals surface area contributed by atoms with Gasteiger partial charge < -0.3 is 20.1 Å². The molecule has 176 valence electrons. The number of carbonyl (C=O) groups excluding carboxylic acids is 1. The number of hydrogen-bond donors (Lipinski definition) is 2. The molecule has 3 rings (SSSR count). The Labute approximate surface area is 197 Å². The summed E-state index contributed by atoms with van der Waals surface area (Å²) in [6, 6.07) is 18.2. The standard InChI is InChI=1S/C27H35N3O3/c1-20(2)18-26(27(32)29-13-12-28)23-5-3-4-22(19-23)21-6-8-24(9-7-21)33-25-10-14-30(15-11-25)16-17-31/h3-9,19-20,25-26,31H,10-11,13-18H2,1-2H3,(H,29,32). The first kappa shape index (κ1) is 24.8. The fraction of sp³-hybridized carbons (Fsp3) is 0.481. The highest BCUT2D eigenvalue weighted by atomic mass is 16.5. The van der Waals surface area contributed by atoms with Crippen molar-refractivity contribution in [1.29, 1.82) is 5.26 Å². The van der Waals surface area contributed by atoms with E-state index in [-0.39, 0.29) is 31.1 Å². The molecule has 0 aromatic heterocycles. The number of nitrogens with zero attached hydrogens (tertiary/aromatic N) is 2. The van der Waals surface area contributed by atoms with E-state index in [1.807, 2.05) is 30.3 Å². The van der Waals surface area contributed by atoms with Gasteiger partial charge in [0.1, 0.15) is 18.4 Å². The van der Waals surface area contributed by atoms with Crippen molar-refractivity contribution in [2.75, 3.05) is 32.8 Å². The zero-order chi connectivity index (χ0) is 23.6. The summed E-state index contributed by atoms with van der Waals surface area (Å²) in [6.45, 7) is 7.07. The third-order valence-corrected chi connectivity index (χ3v) is 6.10. The van der Waals surface area contributed by atoms with Gasteiger partial charge in [0.2, 0.25) is 5.91 Å². The number of aliphatic hydroxyl groups excluding tert-OH is 1. The minimum absolute atomic E-state index is 0.0229. The predicted molar refractivity (Wildman–Crippen MR) is 130 cm³/mol. The number of likely N-dealkylation sites (tertiary alicyclic amines) is 1. The molecular formula is C27H35N3O3. The number of carbonyl (C=O) groups is 1. The average molecular weight is 450 g/mol. The van der Waals surface area contributed by atoms with Gasteiger partial charge in [0.15, 0.2) is 0 Å². The monoisotopic (exact) mass is 449 g/mol. The molecule has 1 amide bonds. The van der Waals surface area contributed by atoms with E-state index in [1.165, 1.54) is 0 Å². The number of hydrogen-bond acceptors (Lipinski definition) is 5. The van der Waals surface area contributed by atoms with Crippen LogP contribution in [0.5, 0.6) is 5.75 Å². The normalized spacial score (nSPS) is 15.7. The van der Waals surface area contributed by atoms with Crippen molar-refractivity contribution in [2.45, 2.75) is 45.1 Å². The van der Waals surface area contributed by atoms with Crippen molar-refractivity contribution in [2.24, 2.45) is 5.92 Å². The van der Waals surface area contributed by atoms with Crippen molar-refractivity contribution in [3.05, 3.63) is 54.1 Å². The second kappa shape index (κ2) is 12.4. The van der Waals surface area contributed by atoms with Gasteiger partial charge in [-0.05, 0) is 54.0 Å². The van der Waals surface area contributed by atoms with Gasteiger partial charge in [-0.25, -0.2) is 0 Å². The average Bonchev–Trinajstić information content (AvgIpc) is 2.83. The summed E-state index contributed by atoms with van der Waals surface area (Å²) in [5.41, 5.74) is 3.09. The molecule has 1 aliphatic rings. The Morgan fingerprint density at radius 1 is 1.18 bits per heavy atom. The first-order valence-electron chi connectivity index (χ1n) is 11.8. The van der Waals surface area contributed by atoms with Crippen molar-refractivity contribution < 1.29 is 14.6 Å². The fourth-order valence-corrected chi connectivity index (χ4v) is 4.36. The lowest BCUT2D eigenvalue weighted by Crippen LogP contribution is -2.39. The first-order valence-corrected chi connectivity index (χ1v) is 11.8. The molecule has 6 heteroatoms. The maximum absolute atomic E-state index is 12.7. The van der Waals surface area contributed by atoms with Crippen molar-refractivity contribution in [1.82, 2.24) is 10.2 Å². The number of amides is 1. The number of piperidine rings is 1. The predicted octanol–water partition coefficient (Wildman–Crippen LogP) is 3.96. The Balaban J connectivity index is 1.68. The summed E-state index contributed by atoms with van der Waals surface area (Å²) < 4.78 is 6.18. The number of nitriles is 1. The SMILES string of the molecule is CC(C)CC(C(=O)NCC#N)c1cccc(-c2ccc(OC3CCN(CCO)CC3)cc2)c1. The van der Waals surface area contributed by atoms with Crippen LogP contribution in [0, 0.1) is 17.2 Å². The minimum Gasteiger partial charge on any atom is -0.490 e. The van der Waals surface area contributed by atoms with Crippen LogP contribution in [-0.2, 0) is 4.79 Å². The molecule has 1 fully saturated rings. The molecule has 6 nitrogen and oxygen atoms in total. The molecule has 0 bridgehead atoms. The fourth-order valence-electron chi connectivity index (χ4n) is 4.36. The van der Waals surface area contributed by atoms with E-state index < -0.39 is 0 Å². The molecule has 1 unspecified atom stereocenters. The molecule has 1 heterocycles. The molecule has 33 heavy (non-hydrogen) atoms. The highest BCUT2D eigenvalue weighted by molar-refractivity contribution is 5.84. The Bertz CT molecular complexity index is 928. The molecule has 1 aliphatic heterocycles. The van der Waals surface area contributed by atoms with Crippen LogP contribution >= 0.6 is 0 Å². The molecule has 1 atom stereocenters. The summed E-state index contributed by atoms with van der Waals surface area (Å²) in [5, 5.41) is 20.6. The van der Waals surface area contributed by atoms with Gasteiger partial charge in [0, 0.05) is 19.6 Å².